The summed E-state index contributed by atoms with van der Waals surface area (Å²) in [5.74, 6) is 0. The van der Waals surface area contributed by atoms with E-state index in [2.05, 4.69) is 173 Å². The van der Waals surface area contributed by atoms with Crippen LogP contribution in [-0.4, -0.2) is 0 Å². The Morgan fingerprint density at radius 2 is 0.455 bits per heavy atom. The van der Waals surface area contributed by atoms with Crippen LogP contribution in [0.4, 0.5) is 0 Å². The van der Waals surface area contributed by atoms with Crippen molar-refractivity contribution in [1.82, 2.24) is 0 Å². The lowest BCUT2D eigenvalue weighted by atomic mass is 10.1. The van der Waals surface area contributed by atoms with Gasteiger partial charge < -0.3 is 0 Å². The number of aryl methyl sites for hydroxylation is 4. The normalized spacial score (nSPS) is 10.7. The fourth-order valence-electron chi connectivity index (χ4n) is 4.23. The molecule has 0 fully saturated rings. The topological polar surface area (TPSA) is 0 Å². The van der Waals surface area contributed by atoms with Gasteiger partial charge >= 0.3 is 0 Å². The van der Waals surface area contributed by atoms with Gasteiger partial charge in [0.05, 0.1) is 0 Å². The summed E-state index contributed by atoms with van der Waals surface area (Å²) in [5.41, 5.74) is 10.7. The summed E-state index contributed by atoms with van der Waals surface area (Å²) in [6, 6.07) is 34.6. The Morgan fingerprint density at radius 3 is 0.568 bits per heavy atom. The summed E-state index contributed by atoms with van der Waals surface area (Å²) in [6.07, 6.45) is 21.2. The summed E-state index contributed by atoms with van der Waals surface area (Å²) >= 11 is 0. The van der Waals surface area contributed by atoms with Crippen molar-refractivity contribution < 1.29 is 0 Å². The molecule has 0 aliphatic rings. The molecule has 0 amide bonds. The first-order chi connectivity index (χ1) is 21.5. The maximum atomic E-state index is 2.18. The predicted molar refractivity (Wildman–Crippen MR) is 202 cm³/mol. The van der Waals surface area contributed by atoms with Crippen LogP contribution in [0.1, 0.15) is 99.9 Å². The number of rotatable bonds is 8. The molecule has 0 aromatic heterocycles. The van der Waals surface area contributed by atoms with Crippen LogP contribution >= 0.6 is 0 Å². The van der Waals surface area contributed by atoms with Gasteiger partial charge in [-0.15, -0.1) is 0 Å². The molecule has 0 spiro atoms. The first kappa shape index (κ1) is 37.9. The van der Waals surface area contributed by atoms with E-state index in [-0.39, 0.29) is 0 Å². The highest BCUT2D eigenvalue weighted by atomic mass is 14.0. The SMILES string of the molecule is CC=Cc1ccc(CC)cc1.CC=Cc1ccc(CC)cc1.CC=Cc1ccc(CC)cc1.CC=Cc1ccc(CC)cc1. The predicted octanol–water partition coefficient (Wildman–Crippen LogP) is 13.1. The van der Waals surface area contributed by atoms with Crippen LogP contribution in [0.3, 0.4) is 0 Å². The van der Waals surface area contributed by atoms with Crippen molar-refractivity contribution in [3.63, 3.8) is 0 Å². The van der Waals surface area contributed by atoms with Gasteiger partial charge in [0, 0.05) is 0 Å². The van der Waals surface area contributed by atoms with Gasteiger partial charge in [0.1, 0.15) is 0 Å². The van der Waals surface area contributed by atoms with Gasteiger partial charge in [0.2, 0.25) is 0 Å². The standard InChI is InChI=1S/4C11H14/c4*1-3-5-11-8-6-10(4-2)7-9-11/h4*3,5-9H,4H2,1-2H3. The fraction of sp³-hybridized carbons (Fsp3) is 0.273. The average Bonchev–Trinajstić information content (AvgIpc) is 3.08. The van der Waals surface area contributed by atoms with Crippen molar-refractivity contribution in [3.8, 4) is 0 Å². The molecular weight excluding hydrogens is 528 g/mol. The zero-order valence-corrected chi connectivity index (χ0v) is 28.7. The van der Waals surface area contributed by atoms with E-state index in [1.807, 2.05) is 27.7 Å². The molecule has 4 aromatic rings. The van der Waals surface area contributed by atoms with Gasteiger partial charge in [-0.25, -0.2) is 0 Å². The van der Waals surface area contributed by atoms with E-state index in [1.165, 1.54) is 44.5 Å². The molecule has 0 bridgehead atoms. The average molecular weight is 585 g/mol. The molecule has 0 saturated heterocycles. The van der Waals surface area contributed by atoms with Gasteiger partial charge in [0.25, 0.3) is 0 Å². The van der Waals surface area contributed by atoms with Gasteiger partial charge in [-0.3, -0.25) is 0 Å². The van der Waals surface area contributed by atoms with Gasteiger partial charge in [-0.1, -0.05) is 173 Å². The second kappa shape index (κ2) is 24.3. The Bertz CT molecular complexity index is 1140. The smallest absolute Gasteiger partial charge is 0.0260 e. The highest BCUT2D eigenvalue weighted by Gasteiger charge is 1.90. The Hall–Kier alpha value is -4.16. The third-order valence-electron chi connectivity index (χ3n) is 6.99. The molecule has 0 aliphatic carbocycles. The molecule has 0 heterocycles. The molecule has 232 valence electrons. The maximum Gasteiger partial charge on any atom is -0.0260 e. The van der Waals surface area contributed by atoms with Crippen molar-refractivity contribution >= 4 is 24.3 Å². The van der Waals surface area contributed by atoms with E-state index < -0.39 is 0 Å². The van der Waals surface area contributed by atoms with E-state index in [1.54, 1.807) is 0 Å². The number of allylic oxidation sites excluding steroid dienone is 4. The van der Waals surface area contributed by atoms with Crippen LogP contribution < -0.4 is 0 Å². The number of benzene rings is 4. The Morgan fingerprint density at radius 1 is 0.295 bits per heavy atom. The van der Waals surface area contributed by atoms with Crippen LogP contribution in [0.5, 0.6) is 0 Å². The lowest BCUT2D eigenvalue weighted by Gasteiger charge is -1.95. The monoisotopic (exact) mass is 584 g/mol. The summed E-state index contributed by atoms with van der Waals surface area (Å²) in [4.78, 5) is 0. The first-order valence-corrected chi connectivity index (χ1v) is 16.3. The highest BCUT2D eigenvalue weighted by Crippen LogP contribution is 2.08. The first-order valence-electron chi connectivity index (χ1n) is 16.3. The molecule has 0 atom stereocenters. The summed E-state index contributed by atoms with van der Waals surface area (Å²) in [5, 5.41) is 0. The molecule has 0 heteroatoms. The molecular formula is C44H56. The minimum Gasteiger partial charge on any atom is -0.0871 e. The van der Waals surface area contributed by atoms with E-state index >= 15 is 0 Å². The molecule has 0 N–H and O–H groups in total. The van der Waals surface area contributed by atoms with Gasteiger partial charge in [0.15, 0.2) is 0 Å². The quantitative estimate of drug-likeness (QED) is 0.193. The minimum absolute atomic E-state index is 1.12. The van der Waals surface area contributed by atoms with Crippen LogP contribution in [0.25, 0.3) is 24.3 Å². The Balaban J connectivity index is 0.000000293. The Labute approximate surface area is 270 Å². The molecule has 44 heavy (non-hydrogen) atoms. The summed E-state index contributed by atoms with van der Waals surface area (Å²) < 4.78 is 0. The second-order valence-electron chi connectivity index (χ2n) is 10.4. The van der Waals surface area contributed by atoms with Gasteiger partial charge in [-0.05, 0) is 97.9 Å². The van der Waals surface area contributed by atoms with Gasteiger partial charge in [-0.2, -0.15) is 0 Å². The lowest BCUT2D eigenvalue weighted by molar-refractivity contribution is 1.14. The van der Waals surface area contributed by atoms with Crippen molar-refractivity contribution in [2.24, 2.45) is 0 Å². The molecule has 0 nitrogen and oxygen atoms in total. The van der Waals surface area contributed by atoms with E-state index in [0.717, 1.165) is 25.7 Å². The van der Waals surface area contributed by atoms with Crippen LogP contribution in [-0.2, 0) is 25.7 Å². The van der Waals surface area contributed by atoms with Crippen molar-refractivity contribution in [1.29, 1.82) is 0 Å². The van der Waals surface area contributed by atoms with Crippen LogP contribution in [0.15, 0.2) is 121 Å². The lowest BCUT2D eigenvalue weighted by Crippen LogP contribution is -1.78. The molecule has 4 aromatic carbocycles. The van der Waals surface area contributed by atoms with E-state index in [4.69, 9.17) is 0 Å². The summed E-state index contributed by atoms with van der Waals surface area (Å²) in [6.45, 7) is 16.8. The fourth-order valence-corrected chi connectivity index (χ4v) is 4.23. The largest absolute Gasteiger partial charge is 0.0871 e. The van der Waals surface area contributed by atoms with E-state index in [0.29, 0.717) is 0 Å². The third kappa shape index (κ3) is 16.5. The zero-order valence-electron chi connectivity index (χ0n) is 28.7. The van der Waals surface area contributed by atoms with E-state index in [9.17, 15) is 0 Å². The van der Waals surface area contributed by atoms with Crippen molar-refractivity contribution in [2.45, 2.75) is 81.1 Å². The van der Waals surface area contributed by atoms with Crippen molar-refractivity contribution in [3.05, 3.63) is 166 Å². The third-order valence-corrected chi connectivity index (χ3v) is 6.99. The minimum atomic E-state index is 1.12. The second-order valence-corrected chi connectivity index (χ2v) is 10.4. The molecule has 0 radical (unpaired) electrons. The molecule has 0 saturated carbocycles. The molecule has 0 aliphatic heterocycles. The zero-order chi connectivity index (χ0) is 32.4. The molecule has 0 unspecified atom stereocenters. The Kier molecular flexibility index (Phi) is 20.9. The van der Waals surface area contributed by atoms with Crippen molar-refractivity contribution in [2.75, 3.05) is 0 Å². The maximum absolute atomic E-state index is 2.18. The highest BCUT2D eigenvalue weighted by molar-refractivity contribution is 5.51. The van der Waals surface area contributed by atoms with Crippen LogP contribution in [0.2, 0.25) is 0 Å². The number of hydrogen-bond acceptors (Lipinski definition) is 0. The summed E-state index contributed by atoms with van der Waals surface area (Å²) in [7, 11) is 0. The van der Waals surface area contributed by atoms with Crippen LogP contribution in [0, 0.1) is 0 Å². The number of hydrogen-bond donors (Lipinski definition) is 0. The molecule has 4 rings (SSSR count).